The Balaban J connectivity index is 2.67. The highest BCUT2D eigenvalue weighted by atomic mass is 32.1. The van der Waals surface area contributed by atoms with Crippen LogP contribution in [0.2, 0.25) is 0 Å². The summed E-state index contributed by atoms with van der Waals surface area (Å²) in [7, 11) is 0. The lowest BCUT2D eigenvalue weighted by Gasteiger charge is -2.12. The predicted octanol–water partition coefficient (Wildman–Crippen LogP) is 0.611. The summed E-state index contributed by atoms with van der Waals surface area (Å²) in [5.41, 5.74) is 1.47. The van der Waals surface area contributed by atoms with Crippen LogP contribution in [-0.2, 0) is 22.6 Å². The van der Waals surface area contributed by atoms with Crippen LogP contribution in [0.25, 0.3) is 0 Å². The Bertz CT molecular complexity index is 505. The second-order valence-electron chi connectivity index (χ2n) is 4.11. The van der Waals surface area contributed by atoms with Gasteiger partial charge < -0.3 is 20.3 Å². The van der Waals surface area contributed by atoms with E-state index in [4.69, 9.17) is 17.0 Å². The van der Waals surface area contributed by atoms with Gasteiger partial charge in [-0.1, -0.05) is 12.2 Å². The molecule has 0 amide bonds. The summed E-state index contributed by atoms with van der Waals surface area (Å²) in [6.07, 6.45) is 1.84. The molecule has 20 heavy (non-hydrogen) atoms. The van der Waals surface area contributed by atoms with Gasteiger partial charge in [0.1, 0.15) is 12.3 Å². The third-order valence-electron chi connectivity index (χ3n) is 2.67. The second-order valence-corrected chi connectivity index (χ2v) is 4.61. The molecular weight excluding hydrogens is 280 g/mol. The summed E-state index contributed by atoms with van der Waals surface area (Å²) >= 11 is 5.11. The number of aromatic nitrogens is 1. The fraction of sp³-hybridized carbons (Fsp3) is 0.462. The number of nitrogens with one attached hydrogen (secondary N) is 1. The predicted molar refractivity (Wildman–Crippen MR) is 77.5 cm³/mol. The molecular formula is C13H18N2O4S. The average molecular weight is 298 g/mol. The summed E-state index contributed by atoms with van der Waals surface area (Å²) in [6, 6.07) is 0. The van der Waals surface area contributed by atoms with Crippen LogP contribution >= 0.6 is 12.2 Å². The molecule has 7 heteroatoms. The van der Waals surface area contributed by atoms with Gasteiger partial charge in [-0.2, -0.15) is 0 Å². The average Bonchev–Trinajstić information content (AvgIpc) is 2.41. The van der Waals surface area contributed by atoms with E-state index in [1.807, 2.05) is 0 Å². The molecule has 0 bridgehead atoms. The first-order chi connectivity index (χ1) is 9.49. The van der Waals surface area contributed by atoms with Gasteiger partial charge in [0.2, 0.25) is 0 Å². The molecule has 1 heterocycles. The summed E-state index contributed by atoms with van der Waals surface area (Å²) in [6.45, 7) is 3.38. The molecule has 0 aliphatic carbocycles. The Kier molecular flexibility index (Phi) is 6.33. The number of aryl methyl sites for hydroxylation is 1. The van der Waals surface area contributed by atoms with Crippen LogP contribution in [0.3, 0.4) is 0 Å². The Morgan fingerprint density at radius 3 is 2.85 bits per heavy atom. The first-order valence-electron chi connectivity index (χ1n) is 6.19. The SMILES string of the molecule is CCOC(=O)CNC(=S)Cc1cnc(C)c(O)c1CO. The van der Waals surface area contributed by atoms with Gasteiger partial charge in [0.05, 0.1) is 23.9 Å². The maximum absolute atomic E-state index is 11.2. The molecule has 1 aromatic heterocycles. The molecule has 0 aliphatic rings. The first kappa shape index (κ1) is 16.3. The van der Waals surface area contributed by atoms with Crippen LogP contribution in [0, 0.1) is 6.92 Å². The van der Waals surface area contributed by atoms with Crippen LogP contribution in [0.4, 0.5) is 0 Å². The quantitative estimate of drug-likeness (QED) is 0.523. The number of ether oxygens (including phenoxy) is 1. The zero-order valence-electron chi connectivity index (χ0n) is 11.5. The highest BCUT2D eigenvalue weighted by Gasteiger charge is 2.13. The lowest BCUT2D eigenvalue weighted by atomic mass is 10.1. The lowest BCUT2D eigenvalue weighted by Crippen LogP contribution is -2.30. The summed E-state index contributed by atoms with van der Waals surface area (Å²) in [5, 5.41) is 21.9. The molecule has 110 valence electrons. The number of esters is 1. The number of aliphatic hydroxyl groups is 1. The number of nitrogens with zero attached hydrogens (tertiary/aromatic N) is 1. The minimum atomic E-state index is -0.387. The van der Waals surface area contributed by atoms with Gasteiger partial charge in [-0.15, -0.1) is 0 Å². The number of aromatic hydroxyl groups is 1. The number of carbonyl (C=O) groups is 1. The van der Waals surface area contributed by atoms with Crippen molar-refractivity contribution in [3.63, 3.8) is 0 Å². The molecule has 0 saturated heterocycles. The van der Waals surface area contributed by atoms with Crippen molar-refractivity contribution in [1.82, 2.24) is 10.3 Å². The molecule has 1 rings (SSSR count). The van der Waals surface area contributed by atoms with Gasteiger partial charge in [-0.25, -0.2) is 0 Å². The number of hydrogen-bond acceptors (Lipinski definition) is 6. The van der Waals surface area contributed by atoms with Gasteiger partial charge in [0.25, 0.3) is 0 Å². The van der Waals surface area contributed by atoms with Gasteiger partial charge in [0, 0.05) is 18.2 Å². The Morgan fingerprint density at radius 1 is 1.55 bits per heavy atom. The van der Waals surface area contributed by atoms with Crippen LogP contribution in [0.1, 0.15) is 23.7 Å². The van der Waals surface area contributed by atoms with E-state index in [0.29, 0.717) is 28.4 Å². The fourth-order valence-electron chi connectivity index (χ4n) is 1.63. The minimum absolute atomic E-state index is 0.00754. The van der Waals surface area contributed by atoms with E-state index in [1.54, 1.807) is 20.0 Å². The van der Waals surface area contributed by atoms with Crippen molar-refractivity contribution in [3.8, 4) is 5.75 Å². The van der Waals surface area contributed by atoms with Gasteiger partial charge in [-0.3, -0.25) is 9.78 Å². The maximum atomic E-state index is 11.2. The third kappa shape index (κ3) is 4.43. The van der Waals surface area contributed by atoms with Crippen LogP contribution in [0.15, 0.2) is 6.20 Å². The molecule has 0 atom stereocenters. The Hall–Kier alpha value is -1.73. The zero-order valence-corrected chi connectivity index (χ0v) is 12.3. The van der Waals surface area contributed by atoms with Gasteiger partial charge in [0.15, 0.2) is 0 Å². The van der Waals surface area contributed by atoms with Crippen molar-refractivity contribution < 1.29 is 19.7 Å². The van der Waals surface area contributed by atoms with Crippen LogP contribution < -0.4 is 5.32 Å². The number of aliphatic hydroxyl groups excluding tert-OH is 1. The molecule has 0 aromatic carbocycles. The fourth-order valence-corrected chi connectivity index (χ4v) is 1.86. The van der Waals surface area contributed by atoms with Crippen molar-refractivity contribution >= 4 is 23.2 Å². The Morgan fingerprint density at radius 2 is 2.25 bits per heavy atom. The molecule has 3 N–H and O–H groups in total. The number of rotatable bonds is 6. The number of hydrogen-bond donors (Lipinski definition) is 3. The molecule has 0 fully saturated rings. The van der Waals surface area contributed by atoms with E-state index in [2.05, 4.69) is 10.3 Å². The highest BCUT2D eigenvalue weighted by Crippen LogP contribution is 2.24. The highest BCUT2D eigenvalue weighted by molar-refractivity contribution is 7.80. The molecule has 0 unspecified atom stereocenters. The molecule has 1 aromatic rings. The van der Waals surface area contributed by atoms with Gasteiger partial charge in [-0.05, 0) is 19.4 Å². The maximum Gasteiger partial charge on any atom is 0.325 e. The number of pyridine rings is 1. The van der Waals surface area contributed by atoms with Crippen molar-refractivity contribution in [3.05, 3.63) is 23.0 Å². The van der Waals surface area contributed by atoms with E-state index < -0.39 is 0 Å². The summed E-state index contributed by atoms with van der Waals surface area (Å²) in [4.78, 5) is 15.6. The lowest BCUT2D eigenvalue weighted by molar-refractivity contribution is -0.141. The van der Waals surface area contributed by atoms with Crippen molar-refractivity contribution in [1.29, 1.82) is 0 Å². The number of carbonyl (C=O) groups excluding carboxylic acids is 1. The van der Waals surface area contributed by atoms with Crippen molar-refractivity contribution in [2.24, 2.45) is 0 Å². The summed E-state index contributed by atoms with van der Waals surface area (Å²) < 4.78 is 4.77. The molecule has 0 spiro atoms. The van der Waals surface area contributed by atoms with Gasteiger partial charge >= 0.3 is 5.97 Å². The standard InChI is InChI=1S/C13H18N2O4S/c1-3-19-12(17)6-15-11(20)4-9-5-14-8(2)13(18)10(9)7-16/h5,16,18H,3-4,6-7H2,1-2H3,(H,15,20). The topological polar surface area (TPSA) is 91.7 Å². The molecule has 0 aliphatic heterocycles. The molecule has 0 saturated carbocycles. The van der Waals surface area contributed by atoms with Crippen LogP contribution in [-0.4, -0.2) is 39.3 Å². The van der Waals surface area contributed by atoms with E-state index >= 15 is 0 Å². The minimum Gasteiger partial charge on any atom is -0.506 e. The van der Waals surface area contributed by atoms with Crippen molar-refractivity contribution in [2.45, 2.75) is 26.9 Å². The zero-order chi connectivity index (χ0) is 15.1. The van der Waals surface area contributed by atoms with Crippen LogP contribution in [0.5, 0.6) is 5.75 Å². The smallest absolute Gasteiger partial charge is 0.325 e. The molecule has 6 nitrogen and oxygen atoms in total. The number of thiocarbonyl (C=S) groups is 1. The largest absolute Gasteiger partial charge is 0.506 e. The monoisotopic (exact) mass is 298 g/mol. The normalized spacial score (nSPS) is 10.2. The third-order valence-corrected chi connectivity index (χ3v) is 2.96. The molecule has 0 radical (unpaired) electrons. The van der Waals surface area contributed by atoms with E-state index in [9.17, 15) is 15.0 Å². The Labute approximate surface area is 122 Å². The first-order valence-corrected chi connectivity index (χ1v) is 6.59. The second kappa shape index (κ2) is 7.76. The summed E-state index contributed by atoms with van der Waals surface area (Å²) in [5.74, 6) is -0.416. The van der Waals surface area contributed by atoms with E-state index in [1.165, 1.54) is 0 Å². The van der Waals surface area contributed by atoms with Crippen molar-refractivity contribution in [2.75, 3.05) is 13.2 Å². The van der Waals surface area contributed by atoms with E-state index in [0.717, 1.165) is 0 Å². The van der Waals surface area contributed by atoms with E-state index in [-0.39, 0.29) is 31.3 Å².